The number of rotatable bonds is 4. The lowest BCUT2D eigenvalue weighted by atomic mass is 9.94. The van der Waals surface area contributed by atoms with E-state index in [-0.39, 0.29) is 5.92 Å². The van der Waals surface area contributed by atoms with Crippen LogP contribution in [-0.2, 0) is 0 Å². The molecule has 0 spiro atoms. The standard InChI is InChI=1S/C21H18N2O3/c1-3-26-18-12-11-17-19-15(18)9-6-10-16(19)20(24)23(21(17)25)22-13(2)14-7-4-5-8-14/h4-12,14H,3H2,1-2H3/b22-13+. The molecule has 2 amide bonds. The Morgan fingerprint density at radius 1 is 1.08 bits per heavy atom. The van der Waals surface area contributed by atoms with Crippen molar-refractivity contribution in [3.8, 4) is 5.75 Å². The topological polar surface area (TPSA) is 59.0 Å². The van der Waals surface area contributed by atoms with Gasteiger partial charge in [-0.15, -0.1) is 0 Å². The van der Waals surface area contributed by atoms with Crippen LogP contribution in [0.5, 0.6) is 5.75 Å². The Labute approximate surface area is 151 Å². The average molecular weight is 346 g/mol. The van der Waals surface area contributed by atoms with Crippen LogP contribution in [0.15, 0.2) is 59.7 Å². The zero-order valence-corrected chi connectivity index (χ0v) is 14.6. The summed E-state index contributed by atoms with van der Waals surface area (Å²) in [5.74, 6) is -0.143. The molecule has 0 fully saturated rings. The van der Waals surface area contributed by atoms with Crippen molar-refractivity contribution in [2.45, 2.75) is 13.8 Å². The second-order valence-electron chi connectivity index (χ2n) is 6.23. The lowest BCUT2D eigenvalue weighted by Gasteiger charge is -2.25. The molecule has 5 heteroatoms. The molecule has 1 heterocycles. The van der Waals surface area contributed by atoms with Gasteiger partial charge < -0.3 is 4.74 Å². The molecule has 2 aromatic rings. The number of carbonyl (C=O) groups is 2. The van der Waals surface area contributed by atoms with Gasteiger partial charge in [-0.25, -0.2) is 0 Å². The molecular formula is C21H18N2O3. The molecule has 26 heavy (non-hydrogen) atoms. The van der Waals surface area contributed by atoms with Gasteiger partial charge in [0.1, 0.15) is 5.75 Å². The van der Waals surface area contributed by atoms with Crippen molar-refractivity contribution in [3.05, 3.63) is 65.8 Å². The predicted molar refractivity (Wildman–Crippen MR) is 100 cm³/mol. The van der Waals surface area contributed by atoms with E-state index in [1.54, 1.807) is 24.3 Å². The van der Waals surface area contributed by atoms with Crippen molar-refractivity contribution in [2.24, 2.45) is 11.0 Å². The molecule has 0 saturated carbocycles. The monoisotopic (exact) mass is 346 g/mol. The minimum atomic E-state index is -0.410. The van der Waals surface area contributed by atoms with E-state index in [9.17, 15) is 9.59 Å². The quantitative estimate of drug-likeness (QED) is 0.622. The van der Waals surface area contributed by atoms with Crippen LogP contribution in [0.1, 0.15) is 34.6 Å². The van der Waals surface area contributed by atoms with E-state index in [0.717, 1.165) is 10.4 Å². The minimum absolute atomic E-state index is 0.00752. The molecule has 2 aliphatic rings. The first-order valence-corrected chi connectivity index (χ1v) is 8.59. The summed E-state index contributed by atoms with van der Waals surface area (Å²) in [6.45, 7) is 4.23. The summed E-state index contributed by atoms with van der Waals surface area (Å²) >= 11 is 0. The Morgan fingerprint density at radius 3 is 2.46 bits per heavy atom. The molecule has 5 nitrogen and oxygen atoms in total. The first-order chi connectivity index (χ1) is 12.6. The third-order valence-electron chi connectivity index (χ3n) is 4.63. The fraction of sp³-hybridized carbons (Fsp3) is 0.190. The van der Waals surface area contributed by atoms with Gasteiger partial charge in [-0.05, 0) is 32.0 Å². The fourth-order valence-electron chi connectivity index (χ4n) is 3.36. The number of benzene rings is 2. The normalized spacial score (nSPS) is 16.8. The Kier molecular flexibility index (Phi) is 3.92. The first-order valence-electron chi connectivity index (χ1n) is 8.59. The van der Waals surface area contributed by atoms with Crippen LogP contribution in [0.25, 0.3) is 10.8 Å². The van der Waals surface area contributed by atoms with Crippen molar-refractivity contribution in [2.75, 3.05) is 6.61 Å². The van der Waals surface area contributed by atoms with Crippen molar-refractivity contribution >= 4 is 28.3 Å². The van der Waals surface area contributed by atoms with Crippen LogP contribution in [0.4, 0.5) is 0 Å². The highest BCUT2D eigenvalue weighted by Gasteiger charge is 2.34. The van der Waals surface area contributed by atoms with Crippen molar-refractivity contribution in [1.82, 2.24) is 5.01 Å². The molecule has 0 saturated heterocycles. The number of hydrogen-bond donors (Lipinski definition) is 0. The molecule has 4 rings (SSSR count). The van der Waals surface area contributed by atoms with Gasteiger partial charge in [0.25, 0.3) is 11.8 Å². The van der Waals surface area contributed by atoms with Crippen molar-refractivity contribution < 1.29 is 14.3 Å². The molecule has 2 aromatic carbocycles. The maximum Gasteiger partial charge on any atom is 0.282 e. The lowest BCUT2D eigenvalue weighted by molar-refractivity contribution is 0.0614. The van der Waals surface area contributed by atoms with Gasteiger partial charge in [0.2, 0.25) is 0 Å². The fourth-order valence-corrected chi connectivity index (χ4v) is 3.36. The smallest absolute Gasteiger partial charge is 0.282 e. The van der Waals surface area contributed by atoms with Crippen molar-refractivity contribution in [1.29, 1.82) is 0 Å². The van der Waals surface area contributed by atoms with Crippen LogP contribution < -0.4 is 4.74 Å². The van der Waals surface area contributed by atoms with Crippen LogP contribution >= 0.6 is 0 Å². The number of carbonyl (C=O) groups excluding carboxylic acids is 2. The highest BCUT2D eigenvalue weighted by molar-refractivity contribution is 6.26. The zero-order valence-electron chi connectivity index (χ0n) is 14.6. The molecule has 0 aromatic heterocycles. The average Bonchev–Trinajstić information content (AvgIpc) is 3.19. The first kappa shape index (κ1) is 16.3. The summed E-state index contributed by atoms with van der Waals surface area (Å²) < 4.78 is 5.65. The van der Waals surface area contributed by atoms with Crippen LogP contribution in [0.2, 0.25) is 0 Å². The molecule has 130 valence electrons. The SMILES string of the molecule is CCOc1ccc2c3c(cccc13)C(=O)N(/N=C(\C)C1C=CC=C1)C2=O. The number of allylic oxidation sites excluding steroid dienone is 4. The zero-order chi connectivity index (χ0) is 18.3. The summed E-state index contributed by atoms with van der Waals surface area (Å²) in [7, 11) is 0. The Morgan fingerprint density at radius 2 is 1.77 bits per heavy atom. The highest BCUT2D eigenvalue weighted by atomic mass is 16.5. The lowest BCUT2D eigenvalue weighted by Crippen LogP contribution is -2.37. The van der Waals surface area contributed by atoms with Gasteiger partial charge in [0.05, 0.1) is 17.7 Å². The second-order valence-corrected chi connectivity index (χ2v) is 6.23. The second kappa shape index (κ2) is 6.26. The van der Waals surface area contributed by atoms with E-state index in [4.69, 9.17) is 4.74 Å². The Bertz CT molecular complexity index is 983. The van der Waals surface area contributed by atoms with E-state index in [0.29, 0.717) is 34.6 Å². The van der Waals surface area contributed by atoms with Crippen LogP contribution in [0, 0.1) is 5.92 Å². The number of hydrazone groups is 1. The van der Waals surface area contributed by atoms with Gasteiger partial charge in [0.15, 0.2) is 0 Å². The Balaban J connectivity index is 1.84. The largest absolute Gasteiger partial charge is 0.493 e. The van der Waals surface area contributed by atoms with E-state index < -0.39 is 11.8 Å². The number of nitrogens with zero attached hydrogens (tertiary/aromatic N) is 2. The van der Waals surface area contributed by atoms with Gasteiger partial charge in [0, 0.05) is 22.4 Å². The minimum Gasteiger partial charge on any atom is -0.493 e. The van der Waals surface area contributed by atoms with E-state index in [2.05, 4.69) is 5.10 Å². The number of imide groups is 1. The third kappa shape index (κ3) is 2.44. The third-order valence-corrected chi connectivity index (χ3v) is 4.63. The Hall–Kier alpha value is -3.21. The predicted octanol–water partition coefficient (Wildman–Crippen LogP) is 3.95. The van der Waals surface area contributed by atoms with E-state index in [1.165, 1.54) is 0 Å². The summed E-state index contributed by atoms with van der Waals surface area (Å²) in [5, 5.41) is 6.73. The molecule has 0 bridgehead atoms. The van der Waals surface area contributed by atoms with Crippen LogP contribution in [-0.4, -0.2) is 29.1 Å². The molecular weight excluding hydrogens is 328 g/mol. The maximum absolute atomic E-state index is 13.0. The summed E-state index contributed by atoms with van der Waals surface area (Å²) in [4.78, 5) is 25.9. The number of hydrogen-bond acceptors (Lipinski definition) is 4. The summed E-state index contributed by atoms with van der Waals surface area (Å²) in [5.41, 5.74) is 1.62. The number of ether oxygens (including phenoxy) is 1. The molecule has 1 aliphatic carbocycles. The van der Waals surface area contributed by atoms with E-state index >= 15 is 0 Å². The van der Waals surface area contributed by atoms with Crippen LogP contribution in [0.3, 0.4) is 0 Å². The molecule has 0 N–H and O–H groups in total. The number of amides is 2. The van der Waals surface area contributed by atoms with Gasteiger partial charge in [-0.1, -0.05) is 36.4 Å². The molecule has 1 aliphatic heterocycles. The van der Waals surface area contributed by atoms with E-state index in [1.807, 2.05) is 44.2 Å². The van der Waals surface area contributed by atoms with Gasteiger partial charge >= 0.3 is 0 Å². The maximum atomic E-state index is 13.0. The van der Waals surface area contributed by atoms with Gasteiger partial charge in [-0.3, -0.25) is 9.59 Å². The van der Waals surface area contributed by atoms with Gasteiger partial charge in [-0.2, -0.15) is 10.1 Å². The van der Waals surface area contributed by atoms with Crippen molar-refractivity contribution in [3.63, 3.8) is 0 Å². The molecule has 0 radical (unpaired) electrons. The summed E-state index contributed by atoms with van der Waals surface area (Å²) in [6, 6.07) is 8.87. The summed E-state index contributed by atoms with van der Waals surface area (Å²) in [6.07, 6.45) is 7.80. The highest BCUT2D eigenvalue weighted by Crippen LogP contribution is 2.35. The molecule has 0 unspecified atom stereocenters. The molecule has 0 atom stereocenters.